The molecule has 14 heavy (non-hydrogen) atoms. The minimum absolute atomic E-state index is 0.855. The summed E-state index contributed by atoms with van der Waals surface area (Å²) in [6, 6.07) is 8.04. The zero-order valence-corrected chi connectivity index (χ0v) is 8.18. The Morgan fingerprint density at radius 3 is 2.79 bits per heavy atom. The molecule has 0 fully saturated rings. The maximum absolute atomic E-state index is 8.54. The van der Waals surface area contributed by atoms with Crippen molar-refractivity contribution < 1.29 is 9.77 Å². The highest BCUT2D eigenvalue weighted by Crippen LogP contribution is 2.10. The summed E-state index contributed by atoms with van der Waals surface area (Å²) in [4.78, 5) is 0. The number of hydrogen-bond acceptors (Lipinski definition) is 2. The fourth-order valence-corrected chi connectivity index (χ4v) is 1.73. The third kappa shape index (κ3) is 1.08. The molecule has 72 valence electrons. The van der Waals surface area contributed by atoms with Gasteiger partial charge in [-0.2, -0.15) is 0 Å². The van der Waals surface area contributed by atoms with E-state index in [9.17, 15) is 0 Å². The lowest BCUT2D eigenvalue weighted by atomic mass is 10.3. The van der Waals surface area contributed by atoms with E-state index in [0.29, 0.717) is 0 Å². The molecule has 0 saturated heterocycles. The van der Waals surface area contributed by atoms with Crippen LogP contribution in [-0.2, 0) is 14.1 Å². The number of oxime groups is 1. The molecule has 1 heterocycles. The predicted molar refractivity (Wildman–Crippen MR) is 53.5 cm³/mol. The van der Waals surface area contributed by atoms with E-state index in [2.05, 4.69) is 5.16 Å². The Morgan fingerprint density at radius 1 is 1.43 bits per heavy atom. The molecule has 4 nitrogen and oxygen atoms in total. The van der Waals surface area contributed by atoms with Crippen LogP contribution in [0.15, 0.2) is 29.4 Å². The Bertz CT molecular complexity index is 460. The normalized spacial score (nSPS) is 11.6. The van der Waals surface area contributed by atoms with Crippen LogP contribution in [0.2, 0.25) is 0 Å². The number of imidazole rings is 1. The second kappa shape index (κ2) is 3.14. The number of rotatable bonds is 1. The zero-order valence-electron chi connectivity index (χ0n) is 8.18. The number of para-hydroxylation sites is 2. The van der Waals surface area contributed by atoms with Crippen LogP contribution in [0.1, 0.15) is 5.82 Å². The van der Waals surface area contributed by atoms with E-state index >= 15 is 0 Å². The molecule has 0 aliphatic rings. The molecule has 0 aliphatic carbocycles. The molecule has 1 aromatic carbocycles. The summed E-state index contributed by atoms with van der Waals surface area (Å²) in [7, 11) is 3.89. The predicted octanol–water partition coefficient (Wildman–Crippen LogP) is 0.811. The van der Waals surface area contributed by atoms with E-state index in [0.717, 1.165) is 16.9 Å². The van der Waals surface area contributed by atoms with Gasteiger partial charge < -0.3 is 5.21 Å². The van der Waals surface area contributed by atoms with E-state index in [1.807, 2.05) is 47.5 Å². The molecule has 0 unspecified atom stereocenters. The van der Waals surface area contributed by atoms with Gasteiger partial charge in [0.1, 0.15) is 0 Å². The van der Waals surface area contributed by atoms with Crippen LogP contribution >= 0.6 is 0 Å². The Balaban J connectivity index is 2.85. The lowest BCUT2D eigenvalue weighted by Gasteiger charge is -1.87. The van der Waals surface area contributed by atoms with Crippen molar-refractivity contribution in [1.29, 1.82) is 0 Å². The largest absolute Gasteiger partial charge is 0.411 e. The van der Waals surface area contributed by atoms with E-state index in [1.54, 1.807) is 0 Å². The van der Waals surface area contributed by atoms with Crippen LogP contribution < -0.4 is 4.57 Å². The molecule has 0 amide bonds. The molecule has 0 spiro atoms. The molecule has 0 atom stereocenters. The standard InChI is InChI=1S/C10H11N3O/c1-12-8-5-3-4-6-9(8)13(2)10(12)7-11-14/h3-7H,1-2H3/p+1. The Hall–Kier alpha value is -1.84. The first-order chi connectivity index (χ1) is 6.75. The molecule has 0 bridgehead atoms. The quantitative estimate of drug-likeness (QED) is 0.307. The van der Waals surface area contributed by atoms with Gasteiger partial charge in [-0.1, -0.05) is 17.3 Å². The lowest BCUT2D eigenvalue weighted by molar-refractivity contribution is -0.646. The third-order valence-electron chi connectivity index (χ3n) is 2.46. The fraction of sp³-hybridized carbons (Fsp3) is 0.200. The first-order valence-corrected chi connectivity index (χ1v) is 4.36. The third-order valence-corrected chi connectivity index (χ3v) is 2.46. The lowest BCUT2D eigenvalue weighted by Crippen LogP contribution is -2.32. The number of nitrogens with zero attached hydrogens (tertiary/aromatic N) is 3. The Labute approximate surface area is 81.7 Å². The van der Waals surface area contributed by atoms with Crippen molar-refractivity contribution in [3.8, 4) is 0 Å². The van der Waals surface area contributed by atoms with Crippen LogP contribution in [0.25, 0.3) is 11.0 Å². The molecule has 0 radical (unpaired) electrons. The molecular weight excluding hydrogens is 178 g/mol. The summed E-state index contributed by atoms with van der Waals surface area (Å²) in [6.45, 7) is 0. The van der Waals surface area contributed by atoms with Crippen molar-refractivity contribution in [3.05, 3.63) is 30.1 Å². The summed E-state index contributed by atoms with van der Waals surface area (Å²) >= 11 is 0. The average Bonchev–Trinajstić information content (AvgIpc) is 2.45. The molecule has 1 N–H and O–H groups in total. The number of aromatic nitrogens is 2. The van der Waals surface area contributed by atoms with Crippen molar-refractivity contribution in [2.24, 2.45) is 19.3 Å². The van der Waals surface area contributed by atoms with Gasteiger partial charge in [-0.25, -0.2) is 9.13 Å². The molecule has 4 heteroatoms. The molecule has 0 saturated carbocycles. The summed E-state index contributed by atoms with van der Waals surface area (Å²) in [5.41, 5.74) is 2.23. The molecule has 2 rings (SSSR count). The van der Waals surface area contributed by atoms with Crippen molar-refractivity contribution in [1.82, 2.24) is 4.57 Å². The van der Waals surface area contributed by atoms with Crippen molar-refractivity contribution in [3.63, 3.8) is 0 Å². The van der Waals surface area contributed by atoms with Gasteiger partial charge in [0.15, 0.2) is 17.2 Å². The van der Waals surface area contributed by atoms with E-state index in [-0.39, 0.29) is 0 Å². The summed E-state index contributed by atoms with van der Waals surface area (Å²) in [5, 5.41) is 11.6. The second-order valence-electron chi connectivity index (χ2n) is 3.21. The first-order valence-electron chi connectivity index (χ1n) is 4.36. The van der Waals surface area contributed by atoms with Gasteiger partial charge in [-0.3, -0.25) is 0 Å². The minimum atomic E-state index is 0.855. The highest BCUT2D eigenvalue weighted by molar-refractivity contribution is 5.80. The number of fused-ring (bicyclic) bond motifs is 1. The van der Waals surface area contributed by atoms with Crippen LogP contribution in [0.3, 0.4) is 0 Å². The number of benzene rings is 1. The highest BCUT2D eigenvalue weighted by atomic mass is 16.4. The van der Waals surface area contributed by atoms with Crippen LogP contribution in [0.4, 0.5) is 0 Å². The number of hydrogen-bond donors (Lipinski definition) is 1. The van der Waals surface area contributed by atoms with Gasteiger partial charge >= 0.3 is 5.82 Å². The average molecular weight is 190 g/mol. The van der Waals surface area contributed by atoms with Crippen molar-refractivity contribution in [2.75, 3.05) is 0 Å². The topological polar surface area (TPSA) is 41.4 Å². The van der Waals surface area contributed by atoms with Gasteiger partial charge in [0, 0.05) is 0 Å². The summed E-state index contributed by atoms with van der Waals surface area (Å²) < 4.78 is 3.96. The first kappa shape index (κ1) is 8.74. The fourth-order valence-electron chi connectivity index (χ4n) is 1.73. The van der Waals surface area contributed by atoms with Gasteiger partial charge in [0.05, 0.1) is 14.1 Å². The van der Waals surface area contributed by atoms with E-state index in [4.69, 9.17) is 5.21 Å². The Morgan fingerprint density at radius 2 is 2.14 bits per heavy atom. The molecule has 1 aromatic heterocycles. The molecule has 2 aromatic rings. The van der Waals surface area contributed by atoms with E-state index in [1.165, 1.54) is 6.21 Å². The summed E-state index contributed by atoms with van der Waals surface area (Å²) in [5.74, 6) is 0.855. The zero-order chi connectivity index (χ0) is 10.1. The highest BCUT2D eigenvalue weighted by Gasteiger charge is 2.17. The second-order valence-corrected chi connectivity index (χ2v) is 3.21. The van der Waals surface area contributed by atoms with Gasteiger partial charge in [0.25, 0.3) is 0 Å². The SMILES string of the molecule is Cn1c(/C=N\O)[n+](C)c2ccccc21. The monoisotopic (exact) mass is 190 g/mol. The van der Waals surface area contributed by atoms with Gasteiger partial charge in [-0.15, -0.1) is 0 Å². The maximum Gasteiger partial charge on any atom is 0.304 e. The van der Waals surface area contributed by atoms with Crippen molar-refractivity contribution in [2.45, 2.75) is 0 Å². The van der Waals surface area contributed by atoms with Crippen molar-refractivity contribution >= 4 is 17.2 Å². The maximum atomic E-state index is 8.54. The minimum Gasteiger partial charge on any atom is -0.411 e. The molecular formula is C10H12N3O+. The molecule has 0 aliphatic heterocycles. The van der Waals surface area contributed by atoms with Gasteiger partial charge in [0.2, 0.25) is 0 Å². The van der Waals surface area contributed by atoms with Crippen LogP contribution in [0, 0.1) is 0 Å². The smallest absolute Gasteiger partial charge is 0.304 e. The van der Waals surface area contributed by atoms with Crippen LogP contribution in [0.5, 0.6) is 0 Å². The van der Waals surface area contributed by atoms with E-state index < -0.39 is 0 Å². The summed E-state index contributed by atoms with van der Waals surface area (Å²) in [6.07, 6.45) is 1.43. The number of aryl methyl sites for hydroxylation is 2. The van der Waals surface area contributed by atoms with Crippen LogP contribution in [-0.4, -0.2) is 16.0 Å². The Kier molecular flexibility index (Phi) is 1.96. The van der Waals surface area contributed by atoms with Gasteiger partial charge in [-0.05, 0) is 12.1 Å².